The SMILES string of the molecule is CN1C(c2ccccc2)CC(=O)N1CC(=O)O. The number of hydrogen-bond acceptors (Lipinski definition) is 3. The van der Waals surface area contributed by atoms with E-state index in [-0.39, 0.29) is 18.5 Å². The molecule has 1 aromatic rings. The highest BCUT2D eigenvalue weighted by Gasteiger charge is 2.36. The van der Waals surface area contributed by atoms with Crippen LogP contribution in [0.15, 0.2) is 30.3 Å². The molecular formula is C12H14N2O3. The van der Waals surface area contributed by atoms with Crippen molar-refractivity contribution in [2.75, 3.05) is 13.6 Å². The molecule has 0 radical (unpaired) electrons. The van der Waals surface area contributed by atoms with Crippen LogP contribution in [-0.4, -0.2) is 40.6 Å². The molecule has 5 heteroatoms. The van der Waals surface area contributed by atoms with Gasteiger partial charge in [0.25, 0.3) is 0 Å². The van der Waals surface area contributed by atoms with Crippen LogP contribution < -0.4 is 0 Å². The van der Waals surface area contributed by atoms with Gasteiger partial charge in [0.15, 0.2) is 0 Å². The highest BCUT2D eigenvalue weighted by Crippen LogP contribution is 2.31. The Morgan fingerprint density at radius 3 is 2.65 bits per heavy atom. The number of carboxylic acids is 1. The van der Waals surface area contributed by atoms with Crippen LogP contribution in [0.5, 0.6) is 0 Å². The standard InChI is InChI=1S/C12H14N2O3/c1-13-10(9-5-3-2-4-6-9)7-11(15)14(13)8-12(16)17/h2-6,10H,7-8H2,1H3,(H,16,17). The van der Waals surface area contributed by atoms with Crippen LogP contribution in [0.1, 0.15) is 18.0 Å². The number of rotatable bonds is 3. The van der Waals surface area contributed by atoms with Crippen molar-refractivity contribution in [2.45, 2.75) is 12.5 Å². The Morgan fingerprint density at radius 2 is 2.06 bits per heavy atom. The molecular weight excluding hydrogens is 220 g/mol. The summed E-state index contributed by atoms with van der Waals surface area (Å²) >= 11 is 0. The minimum Gasteiger partial charge on any atom is -0.480 e. The lowest BCUT2D eigenvalue weighted by molar-refractivity contribution is -0.151. The van der Waals surface area contributed by atoms with Gasteiger partial charge in [0.05, 0.1) is 6.04 Å². The van der Waals surface area contributed by atoms with Gasteiger partial charge in [-0.1, -0.05) is 30.3 Å². The van der Waals surface area contributed by atoms with E-state index in [4.69, 9.17) is 5.11 Å². The van der Waals surface area contributed by atoms with Crippen molar-refractivity contribution in [1.29, 1.82) is 0 Å². The summed E-state index contributed by atoms with van der Waals surface area (Å²) in [5.41, 5.74) is 1.02. The lowest BCUT2D eigenvalue weighted by Crippen LogP contribution is -2.40. The third-order valence-corrected chi connectivity index (χ3v) is 2.96. The zero-order valence-corrected chi connectivity index (χ0v) is 9.54. The smallest absolute Gasteiger partial charge is 0.324 e. The molecule has 1 saturated heterocycles. The molecule has 1 aromatic carbocycles. The molecule has 1 aliphatic rings. The van der Waals surface area contributed by atoms with Crippen LogP contribution in [0.25, 0.3) is 0 Å². The summed E-state index contributed by atoms with van der Waals surface area (Å²) in [6, 6.07) is 9.55. The molecule has 17 heavy (non-hydrogen) atoms. The van der Waals surface area contributed by atoms with Gasteiger partial charge in [-0.25, -0.2) is 5.01 Å². The van der Waals surface area contributed by atoms with E-state index in [1.165, 1.54) is 5.01 Å². The molecule has 1 amide bonds. The van der Waals surface area contributed by atoms with Crippen molar-refractivity contribution < 1.29 is 14.7 Å². The van der Waals surface area contributed by atoms with Gasteiger partial charge in [-0.3, -0.25) is 14.6 Å². The van der Waals surface area contributed by atoms with Crippen LogP contribution in [0.3, 0.4) is 0 Å². The molecule has 0 aliphatic carbocycles. The van der Waals surface area contributed by atoms with E-state index >= 15 is 0 Å². The van der Waals surface area contributed by atoms with E-state index in [0.717, 1.165) is 5.56 Å². The molecule has 1 aliphatic heterocycles. The maximum atomic E-state index is 11.7. The molecule has 1 atom stereocenters. The van der Waals surface area contributed by atoms with Crippen molar-refractivity contribution in [3.63, 3.8) is 0 Å². The van der Waals surface area contributed by atoms with Gasteiger partial charge in [-0.2, -0.15) is 0 Å². The number of aliphatic carboxylic acids is 1. The highest BCUT2D eigenvalue weighted by atomic mass is 16.4. The number of carbonyl (C=O) groups excluding carboxylic acids is 1. The summed E-state index contributed by atoms with van der Waals surface area (Å²) in [5, 5.41) is 11.7. The Hall–Kier alpha value is -1.88. The first kappa shape index (κ1) is 11.6. The van der Waals surface area contributed by atoms with E-state index < -0.39 is 5.97 Å². The quantitative estimate of drug-likeness (QED) is 0.843. The molecule has 1 unspecified atom stereocenters. The second-order valence-electron chi connectivity index (χ2n) is 4.05. The third-order valence-electron chi connectivity index (χ3n) is 2.96. The minimum atomic E-state index is -1.00. The van der Waals surface area contributed by atoms with Crippen LogP contribution in [0.2, 0.25) is 0 Å². The number of hydrogen-bond donors (Lipinski definition) is 1. The first-order chi connectivity index (χ1) is 8.09. The molecule has 0 spiro atoms. The fourth-order valence-corrected chi connectivity index (χ4v) is 2.08. The summed E-state index contributed by atoms with van der Waals surface area (Å²) in [5.74, 6) is -1.15. The highest BCUT2D eigenvalue weighted by molar-refractivity contribution is 5.83. The average molecular weight is 234 g/mol. The lowest BCUT2D eigenvalue weighted by atomic mass is 10.1. The van der Waals surface area contributed by atoms with Crippen molar-refractivity contribution >= 4 is 11.9 Å². The molecule has 1 N–H and O–H groups in total. The Morgan fingerprint density at radius 1 is 1.41 bits per heavy atom. The molecule has 90 valence electrons. The molecule has 0 aromatic heterocycles. The number of hydrazine groups is 1. The van der Waals surface area contributed by atoms with Gasteiger partial charge < -0.3 is 5.11 Å². The van der Waals surface area contributed by atoms with E-state index in [1.807, 2.05) is 30.3 Å². The predicted molar refractivity (Wildman–Crippen MR) is 60.9 cm³/mol. The number of carboxylic acid groups (broad SMARTS) is 1. The number of benzene rings is 1. The van der Waals surface area contributed by atoms with Crippen molar-refractivity contribution in [3.05, 3.63) is 35.9 Å². The van der Waals surface area contributed by atoms with Crippen molar-refractivity contribution in [3.8, 4) is 0 Å². The third kappa shape index (κ3) is 2.29. The predicted octanol–water partition coefficient (Wildman–Crippen LogP) is 0.891. The Bertz CT molecular complexity index is 433. The second kappa shape index (κ2) is 4.55. The summed E-state index contributed by atoms with van der Waals surface area (Å²) in [4.78, 5) is 22.4. The molecule has 1 fully saturated rings. The van der Waals surface area contributed by atoms with Gasteiger partial charge >= 0.3 is 5.97 Å². The number of carbonyl (C=O) groups is 2. The van der Waals surface area contributed by atoms with Gasteiger partial charge in [-0.15, -0.1) is 0 Å². The van der Waals surface area contributed by atoms with E-state index in [2.05, 4.69) is 0 Å². The fourth-order valence-electron chi connectivity index (χ4n) is 2.08. The summed E-state index contributed by atoms with van der Waals surface area (Å²) in [6.07, 6.45) is 0.327. The molecule has 5 nitrogen and oxygen atoms in total. The van der Waals surface area contributed by atoms with Crippen LogP contribution >= 0.6 is 0 Å². The van der Waals surface area contributed by atoms with Crippen molar-refractivity contribution in [2.24, 2.45) is 0 Å². The lowest BCUT2D eigenvalue weighted by Gasteiger charge is -2.26. The van der Waals surface area contributed by atoms with Crippen LogP contribution in [0, 0.1) is 0 Å². The molecule has 0 saturated carbocycles. The van der Waals surface area contributed by atoms with Gasteiger partial charge in [0.2, 0.25) is 5.91 Å². The molecule has 0 bridgehead atoms. The second-order valence-corrected chi connectivity index (χ2v) is 4.05. The average Bonchev–Trinajstić information content (AvgIpc) is 2.58. The largest absolute Gasteiger partial charge is 0.480 e. The van der Waals surface area contributed by atoms with Crippen LogP contribution in [0.4, 0.5) is 0 Å². The van der Waals surface area contributed by atoms with Gasteiger partial charge in [0.1, 0.15) is 6.54 Å². The zero-order chi connectivity index (χ0) is 12.4. The van der Waals surface area contributed by atoms with E-state index in [1.54, 1.807) is 12.1 Å². The fraction of sp³-hybridized carbons (Fsp3) is 0.333. The Kier molecular flexibility index (Phi) is 3.10. The minimum absolute atomic E-state index is 0.0666. The Balaban J connectivity index is 2.18. The zero-order valence-electron chi connectivity index (χ0n) is 9.54. The number of amides is 1. The number of nitrogens with zero attached hydrogens (tertiary/aromatic N) is 2. The normalized spacial score (nSPS) is 20.9. The first-order valence-electron chi connectivity index (χ1n) is 5.39. The Labute approximate surface area is 99.2 Å². The van der Waals surface area contributed by atoms with Gasteiger partial charge in [0, 0.05) is 13.5 Å². The molecule has 2 rings (SSSR count). The summed E-state index contributed by atoms with van der Waals surface area (Å²) < 4.78 is 0. The van der Waals surface area contributed by atoms with Crippen molar-refractivity contribution in [1.82, 2.24) is 10.0 Å². The van der Waals surface area contributed by atoms with E-state index in [0.29, 0.717) is 6.42 Å². The maximum absolute atomic E-state index is 11.7. The van der Waals surface area contributed by atoms with Crippen LogP contribution in [-0.2, 0) is 9.59 Å². The van der Waals surface area contributed by atoms with E-state index in [9.17, 15) is 9.59 Å². The molecule has 1 heterocycles. The maximum Gasteiger partial charge on any atom is 0.324 e. The summed E-state index contributed by atoms with van der Waals surface area (Å²) in [7, 11) is 1.74. The summed E-state index contributed by atoms with van der Waals surface area (Å²) in [6.45, 7) is -0.279. The monoisotopic (exact) mass is 234 g/mol. The first-order valence-corrected chi connectivity index (χ1v) is 5.39. The van der Waals surface area contributed by atoms with Gasteiger partial charge in [-0.05, 0) is 5.56 Å². The topological polar surface area (TPSA) is 60.9 Å².